The molecule has 1 aliphatic rings. The first-order chi connectivity index (χ1) is 11.2. The topological polar surface area (TPSA) is 62.1 Å². The van der Waals surface area contributed by atoms with Crippen molar-refractivity contribution in [3.05, 3.63) is 47.1 Å². The molecule has 0 bridgehead atoms. The van der Waals surface area contributed by atoms with Crippen molar-refractivity contribution in [2.75, 3.05) is 31.6 Å². The van der Waals surface area contributed by atoms with Crippen LogP contribution in [-0.4, -0.2) is 41.1 Å². The second-order valence-electron chi connectivity index (χ2n) is 6.18. The summed E-state index contributed by atoms with van der Waals surface area (Å²) in [4.78, 5) is 0. The second kappa shape index (κ2) is 7.81. The Bertz CT molecular complexity index is 613. The van der Waals surface area contributed by atoms with Crippen molar-refractivity contribution in [2.45, 2.75) is 13.0 Å². The van der Waals surface area contributed by atoms with Crippen LogP contribution in [0.15, 0.2) is 36.5 Å². The third-order valence-corrected chi connectivity index (χ3v) is 4.53. The number of aliphatic hydroxyl groups is 1. The molecular formula is C17H23ClN4O. The summed E-state index contributed by atoms with van der Waals surface area (Å²) in [6.07, 6.45) is 2.68. The van der Waals surface area contributed by atoms with Crippen molar-refractivity contribution in [1.29, 1.82) is 0 Å². The molecule has 3 N–H and O–H groups in total. The lowest BCUT2D eigenvalue weighted by molar-refractivity contribution is 0.219. The number of fused-ring (bicyclic) bond motifs is 1. The molecule has 0 fully saturated rings. The molecule has 0 aliphatic carbocycles. The third kappa shape index (κ3) is 4.47. The Labute approximate surface area is 141 Å². The van der Waals surface area contributed by atoms with Gasteiger partial charge in [0.15, 0.2) is 0 Å². The average Bonchev–Trinajstić information content (AvgIpc) is 3.03. The van der Waals surface area contributed by atoms with Crippen LogP contribution < -0.4 is 10.6 Å². The summed E-state index contributed by atoms with van der Waals surface area (Å²) in [6, 6.07) is 9.84. The summed E-state index contributed by atoms with van der Waals surface area (Å²) in [5.74, 6) is 1.82. The van der Waals surface area contributed by atoms with Crippen LogP contribution in [0.5, 0.6) is 0 Å². The molecule has 0 amide bonds. The zero-order valence-electron chi connectivity index (χ0n) is 13.1. The van der Waals surface area contributed by atoms with Crippen LogP contribution in [0.2, 0.25) is 5.02 Å². The van der Waals surface area contributed by atoms with Crippen molar-refractivity contribution >= 4 is 17.4 Å². The Kier molecular flexibility index (Phi) is 5.54. The molecule has 1 aromatic heterocycles. The van der Waals surface area contributed by atoms with Crippen LogP contribution in [0.4, 0.5) is 5.82 Å². The summed E-state index contributed by atoms with van der Waals surface area (Å²) in [6.45, 7) is 3.80. The van der Waals surface area contributed by atoms with E-state index in [-0.39, 0.29) is 12.5 Å². The Morgan fingerprint density at radius 1 is 1.35 bits per heavy atom. The van der Waals surface area contributed by atoms with E-state index in [4.69, 9.17) is 11.6 Å². The number of aliphatic hydroxyl groups excluding tert-OH is 1. The maximum Gasteiger partial charge on any atom is 0.124 e. The highest BCUT2D eigenvalue weighted by atomic mass is 35.5. The van der Waals surface area contributed by atoms with Gasteiger partial charge in [-0.05, 0) is 30.0 Å². The van der Waals surface area contributed by atoms with Gasteiger partial charge in [-0.25, -0.2) is 4.68 Å². The van der Waals surface area contributed by atoms with Gasteiger partial charge >= 0.3 is 0 Å². The number of rotatable bonds is 7. The summed E-state index contributed by atoms with van der Waals surface area (Å²) < 4.78 is 2.01. The minimum absolute atomic E-state index is 0.182. The maximum atomic E-state index is 9.59. The fraction of sp³-hybridized carbons (Fsp3) is 0.471. The van der Waals surface area contributed by atoms with Gasteiger partial charge in [-0.15, -0.1) is 0 Å². The zero-order chi connectivity index (χ0) is 16.1. The average molecular weight is 335 g/mol. The van der Waals surface area contributed by atoms with E-state index in [0.29, 0.717) is 5.92 Å². The molecule has 5 nitrogen and oxygen atoms in total. The molecule has 0 spiro atoms. The number of hydrogen-bond acceptors (Lipinski definition) is 4. The lowest BCUT2D eigenvalue weighted by atomic mass is 9.99. The molecule has 2 heterocycles. The minimum atomic E-state index is 0.182. The number of benzene rings is 1. The van der Waals surface area contributed by atoms with Crippen molar-refractivity contribution in [2.24, 2.45) is 11.8 Å². The van der Waals surface area contributed by atoms with Crippen LogP contribution in [0.1, 0.15) is 5.56 Å². The SMILES string of the molecule is OC[C@@H](CNC[C@@H]1CNc2ccnn2C1)Cc1ccc(Cl)cc1. The molecule has 0 unspecified atom stereocenters. The summed E-state index contributed by atoms with van der Waals surface area (Å²) in [5.41, 5.74) is 1.20. The molecule has 0 radical (unpaired) electrons. The lowest BCUT2D eigenvalue weighted by Gasteiger charge is -2.26. The molecule has 1 aliphatic heterocycles. The highest BCUT2D eigenvalue weighted by Gasteiger charge is 2.18. The predicted molar refractivity (Wildman–Crippen MR) is 92.8 cm³/mol. The Morgan fingerprint density at radius 3 is 2.96 bits per heavy atom. The smallest absolute Gasteiger partial charge is 0.124 e. The number of aromatic nitrogens is 2. The predicted octanol–water partition coefficient (Wildman–Crippen LogP) is 2.02. The number of hydrogen-bond donors (Lipinski definition) is 3. The molecule has 1 aromatic carbocycles. The number of anilines is 1. The van der Waals surface area contributed by atoms with Crippen molar-refractivity contribution < 1.29 is 5.11 Å². The summed E-state index contributed by atoms with van der Waals surface area (Å²) in [5, 5.41) is 21.5. The summed E-state index contributed by atoms with van der Waals surface area (Å²) >= 11 is 5.90. The molecule has 23 heavy (non-hydrogen) atoms. The van der Waals surface area contributed by atoms with Crippen LogP contribution in [0.3, 0.4) is 0 Å². The Hall–Kier alpha value is -1.56. The van der Waals surface area contributed by atoms with E-state index in [2.05, 4.69) is 15.7 Å². The van der Waals surface area contributed by atoms with Gasteiger partial charge in [0.2, 0.25) is 0 Å². The number of nitrogens with one attached hydrogen (secondary N) is 2. The fourth-order valence-electron chi connectivity index (χ4n) is 2.97. The quantitative estimate of drug-likeness (QED) is 0.725. The second-order valence-corrected chi connectivity index (χ2v) is 6.62. The van der Waals surface area contributed by atoms with E-state index in [9.17, 15) is 5.11 Å². The molecule has 6 heteroatoms. The van der Waals surface area contributed by atoms with Gasteiger partial charge in [-0.3, -0.25) is 0 Å². The molecule has 2 aromatic rings. The van der Waals surface area contributed by atoms with E-state index >= 15 is 0 Å². The van der Waals surface area contributed by atoms with Crippen molar-refractivity contribution in [3.8, 4) is 0 Å². The van der Waals surface area contributed by atoms with E-state index in [1.165, 1.54) is 5.56 Å². The highest BCUT2D eigenvalue weighted by Crippen LogP contribution is 2.16. The molecule has 124 valence electrons. The number of nitrogens with zero attached hydrogens (tertiary/aromatic N) is 2. The first kappa shape index (κ1) is 16.3. The van der Waals surface area contributed by atoms with Gasteiger partial charge in [0.05, 0.1) is 6.20 Å². The van der Waals surface area contributed by atoms with Crippen LogP contribution in [0, 0.1) is 11.8 Å². The first-order valence-electron chi connectivity index (χ1n) is 8.06. The Balaban J connectivity index is 1.43. The minimum Gasteiger partial charge on any atom is -0.396 e. The van der Waals surface area contributed by atoms with E-state index in [1.54, 1.807) is 0 Å². The van der Waals surface area contributed by atoms with E-state index in [0.717, 1.165) is 43.4 Å². The van der Waals surface area contributed by atoms with Crippen LogP contribution in [0.25, 0.3) is 0 Å². The third-order valence-electron chi connectivity index (χ3n) is 4.28. The molecule has 2 atom stereocenters. The van der Waals surface area contributed by atoms with Gasteiger partial charge in [0.1, 0.15) is 5.82 Å². The normalized spacial score (nSPS) is 18.3. The Morgan fingerprint density at radius 2 is 2.17 bits per heavy atom. The van der Waals surface area contributed by atoms with Crippen molar-refractivity contribution in [1.82, 2.24) is 15.1 Å². The lowest BCUT2D eigenvalue weighted by Crippen LogP contribution is -2.37. The molecular weight excluding hydrogens is 312 g/mol. The van der Waals surface area contributed by atoms with Gasteiger partial charge in [0, 0.05) is 49.8 Å². The largest absolute Gasteiger partial charge is 0.396 e. The first-order valence-corrected chi connectivity index (χ1v) is 8.44. The van der Waals surface area contributed by atoms with Crippen LogP contribution in [-0.2, 0) is 13.0 Å². The van der Waals surface area contributed by atoms with Gasteiger partial charge < -0.3 is 15.7 Å². The van der Waals surface area contributed by atoms with Gasteiger partial charge in [-0.2, -0.15) is 5.10 Å². The standard InChI is InChI=1S/C17H23ClN4O/c18-16-3-1-13(2-4-16)7-14(12-23)8-19-9-15-10-20-17-5-6-21-22(17)11-15/h1-6,14-15,19-20,23H,7-12H2/t14-,15-/m1/s1. The van der Waals surface area contributed by atoms with E-state index < -0.39 is 0 Å². The van der Waals surface area contributed by atoms with Gasteiger partial charge in [-0.1, -0.05) is 23.7 Å². The molecule has 0 saturated heterocycles. The molecule has 3 rings (SSSR count). The highest BCUT2D eigenvalue weighted by molar-refractivity contribution is 6.30. The van der Waals surface area contributed by atoms with Crippen molar-refractivity contribution in [3.63, 3.8) is 0 Å². The summed E-state index contributed by atoms with van der Waals surface area (Å²) in [7, 11) is 0. The number of halogens is 1. The zero-order valence-corrected chi connectivity index (χ0v) is 13.8. The van der Waals surface area contributed by atoms with E-state index in [1.807, 2.05) is 41.2 Å². The van der Waals surface area contributed by atoms with Gasteiger partial charge in [0.25, 0.3) is 0 Å². The fourth-order valence-corrected chi connectivity index (χ4v) is 3.10. The maximum absolute atomic E-state index is 9.59. The molecule has 0 saturated carbocycles. The monoisotopic (exact) mass is 334 g/mol. The van der Waals surface area contributed by atoms with Crippen LogP contribution >= 0.6 is 11.6 Å².